The van der Waals surface area contributed by atoms with Crippen LogP contribution in [-0.2, 0) is 9.47 Å². The van der Waals surface area contributed by atoms with Crippen molar-refractivity contribution in [1.29, 1.82) is 0 Å². The molecule has 112 valence electrons. The van der Waals surface area contributed by atoms with Crippen molar-refractivity contribution in [1.82, 2.24) is 0 Å². The van der Waals surface area contributed by atoms with Gasteiger partial charge < -0.3 is 19.9 Å². The van der Waals surface area contributed by atoms with Crippen LogP contribution in [-0.4, -0.2) is 32.0 Å². The lowest BCUT2D eigenvalue weighted by molar-refractivity contribution is -0.103. The molecule has 4 nitrogen and oxygen atoms in total. The number of hydrogen-bond donors (Lipinski definition) is 1. The Hall–Kier alpha value is -1.10. The molecule has 0 bridgehead atoms. The highest BCUT2D eigenvalue weighted by atomic mass is 16.5. The average molecular weight is 279 g/mol. The molecule has 0 radical (unpaired) electrons. The van der Waals surface area contributed by atoms with Gasteiger partial charge in [0.15, 0.2) is 0 Å². The number of methoxy groups -OCH3 is 1. The molecule has 0 amide bonds. The Balaban J connectivity index is 1.83. The lowest BCUT2D eigenvalue weighted by Gasteiger charge is -2.32. The first-order valence-corrected chi connectivity index (χ1v) is 7.25. The third-order valence-electron chi connectivity index (χ3n) is 3.71. The van der Waals surface area contributed by atoms with Crippen molar-refractivity contribution in [2.24, 2.45) is 5.73 Å². The van der Waals surface area contributed by atoms with Crippen molar-refractivity contribution in [2.45, 2.75) is 51.0 Å². The smallest absolute Gasteiger partial charge is 0.118 e. The normalized spacial score (nSPS) is 28.1. The van der Waals surface area contributed by atoms with E-state index in [4.69, 9.17) is 19.9 Å². The number of benzene rings is 1. The minimum atomic E-state index is -0.102. The maximum Gasteiger partial charge on any atom is 0.118 e. The molecule has 0 saturated carbocycles. The molecule has 3 atom stereocenters. The topological polar surface area (TPSA) is 53.7 Å². The minimum absolute atomic E-state index is 0.102. The Morgan fingerprint density at radius 3 is 2.35 bits per heavy atom. The number of ether oxygens (including phenoxy) is 3. The summed E-state index contributed by atoms with van der Waals surface area (Å²) < 4.78 is 16.8. The highest BCUT2D eigenvalue weighted by Crippen LogP contribution is 2.23. The standard InChI is InChI=1S/C16H25NO3/c1-11-8-15(9-12(2)20-11)19-10-16(17)13-4-6-14(18-3)7-5-13/h4-7,11-12,15-16H,8-10,17H2,1-3H3. The van der Waals surface area contributed by atoms with E-state index < -0.39 is 0 Å². The summed E-state index contributed by atoms with van der Waals surface area (Å²) in [5.41, 5.74) is 7.24. The summed E-state index contributed by atoms with van der Waals surface area (Å²) in [5.74, 6) is 0.842. The Morgan fingerprint density at radius 2 is 1.80 bits per heavy atom. The average Bonchev–Trinajstić information content (AvgIpc) is 2.44. The molecule has 1 aliphatic heterocycles. The molecule has 4 heteroatoms. The van der Waals surface area contributed by atoms with Gasteiger partial charge in [0.05, 0.1) is 38.1 Å². The van der Waals surface area contributed by atoms with Crippen LogP contribution in [0.5, 0.6) is 5.75 Å². The third kappa shape index (κ3) is 4.20. The van der Waals surface area contributed by atoms with Crippen molar-refractivity contribution in [3.63, 3.8) is 0 Å². The molecule has 1 heterocycles. The molecule has 1 fully saturated rings. The quantitative estimate of drug-likeness (QED) is 0.900. The van der Waals surface area contributed by atoms with Crippen LogP contribution in [0.3, 0.4) is 0 Å². The van der Waals surface area contributed by atoms with E-state index in [9.17, 15) is 0 Å². The molecule has 0 aliphatic carbocycles. The van der Waals surface area contributed by atoms with Crippen LogP contribution in [0.25, 0.3) is 0 Å². The molecule has 3 unspecified atom stereocenters. The van der Waals surface area contributed by atoms with Gasteiger partial charge in [-0.3, -0.25) is 0 Å². The van der Waals surface area contributed by atoms with Gasteiger partial charge in [0.2, 0.25) is 0 Å². The zero-order chi connectivity index (χ0) is 14.5. The highest BCUT2D eigenvalue weighted by molar-refractivity contribution is 5.28. The highest BCUT2D eigenvalue weighted by Gasteiger charge is 2.25. The minimum Gasteiger partial charge on any atom is -0.497 e. The Bertz CT molecular complexity index is 397. The van der Waals surface area contributed by atoms with Gasteiger partial charge in [0, 0.05) is 0 Å². The summed E-state index contributed by atoms with van der Waals surface area (Å²) in [7, 11) is 1.66. The summed E-state index contributed by atoms with van der Waals surface area (Å²) in [5, 5.41) is 0. The zero-order valence-electron chi connectivity index (χ0n) is 12.5. The predicted molar refractivity (Wildman–Crippen MR) is 78.9 cm³/mol. The van der Waals surface area contributed by atoms with Gasteiger partial charge >= 0.3 is 0 Å². The Kier molecular flexibility index (Phi) is 5.40. The van der Waals surface area contributed by atoms with Crippen LogP contribution in [0.1, 0.15) is 38.3 Å². The van der Waals surface area contributed by atoms with Crippen LogP contribution >= 0.6 is 0 Å². The summed E-state index contributed by atoms with van der Waals surface area (Å²) in [6.07, 6.45) is 2.67. The van der Waals surface area contributed by atoms with Crippen molar-refractivity contribution in [2.75, 3.05) is 13.7 Å². The lowest BCUT2D eigenvalue weighted by atomic mass is 10.0. The first kappa shape index (κ1) is 15.3. The molecule has 1 aromatic rings. The van der Waals surface area contributed by atoms with E-state index in [1.165, 1.54) is 0 Å². The fraction of sp³-hybridized carbons (Fsp3) is 0.625. The van der Waals surface area contributed by atoms with Gasteiger partial charge in [-0.25, -0.2) is 0 Å². The fourth-order valence-corrected chi connectivity index (χ4v) is 2.67. The van der Waals surface area contributed by atoms with Crippen molar-refractivity contribution in [3.05, 3.63) is 29.8 Å². The van der Waals surface area contributed by atoms with Gasteiger partial charge in [-0.15, -0.1) is 0 Å². The molecule has 0 aromatic heterocycles. The largest absolute Gasteiger partial charge is 0.497 e. The van der Waals surface area contributed by atoms with Crippen LogP contribution in [0.4, 0.5) is 0 Å². The summed E-state index contributed by atoms with van der Waals surface area (Å²) in [6, 6.07) is 7.72. The lowest BCUT2D eigenvalue weighted by Crippen LogP contribution is -2.35. The first-order valence-electron chi connectivity index (χ1n) is 7.25. The molecule has 2 rings (SSSR count). The third-order valence-corrected chi connectivity index (χ3v) is 3.71. The van der Waals surface area contributed by atoms with Crippen molar-refractivity contribution in [3.8, 4) is 5.75 Å². The van der Waals surface area contributed by atoms with E-state index >= 15 is 0 Å². The molecular formula is C16H25NO3. The monoisotopic (exact) mass is 279 g/mol. The van der Waals surface area contributed by atoms with Gasteiger partial charge in [-0.05, 0) is 44.4 Å². The van der Waals surface area contributed by atoms with Crippen LogP contribution in [0.2, 0.25) is 0 Å². The predicted octanol–water partition coefficient (Wildman–Crippen LogP) is 2.67. The van der Waals surface area contributed by atoms with E-state index in [1.54, 1.807) is 7.11 Å². The van der Waals surface area contributed by atoms with E-state index in [1.807, 2.05) is 24.3 Å². The first-order chi connectivity index (χ1) is 9.58. The van der Waals surface area contributed by atoms with E-state index in [0.29, 0.717) is 6.61 Å². The molecule has 2 N–H and O–H groups in total. The maximum absolute atomic E-state index is 6.18. The zero-order valence-corrected chi connectivity index (χ0v) is 12.5. The Morgan fingerprint density at radius 1 is 1.20 bits per heavy atom. The second kappa shape index (κ2) is 7.07. The van der Waals surface area contributed by atoms with Crippen LogP contribution in [0.15, 0.2) is 24.3 Å². The van der Waals surface area contributed by atoms with Crippen LogP contribution < -0.4 is 10.5 Å². The molecule has 20 heavy (non-hydrogen) atoms. The van der Waals surface area contributed by atoms with Crippen LogP contribution in [0, 0.1) is 0 Å². The van der Waals surface area contributed by atoms with Gasteiger partial charge in [-0.2, -0.15) is 0 Å². The second-order valence-corrected chi connectivity index (χ2v) is 5.56. The summed E-state index contributed by atoms with van der Waals surface area (Å²) in [4.78, 5) is 0. The molecule has 1 saturated heterocycles. The van der Waals surface area contributed by atoms with E-state index in [0.717, 1.165) is 24.2 Å². The molecule has 1 aromatic carbocycles. The number of nitrogens with two attached hydrogens (primary N) is 1. The number of hydrogen-bond acceptors (Lipinski definition) is 4. The summed E-state index contributed by atoms with van der Waals surface area (Å²) in [6.45, 7) is 4.72. The Labute approximate surface area is 121 Å². The fourth-order valence-electron chi connectivity index (χ4n) is 2.67. The molecule has 1 aliphatic rings. The second-order valence-electron chi connectivity index (χ2n) is 5.56. The number of rotatable bonds is 5. The van der Waals surface area contributed by atoms with Crippen molar-refractivity contribution >= 4 is 0 Å². The van der Waals surface area contributed by atoms with Gasteiger partial charge in [-0.1, -0.05) is 12.1 Å². The van der Waals surface area contributed by atoms with E-state index in [2.05, 4.69) is 13.8 Å². The maximum atomic E-state index is 6.18. The summed E-state index contributed by atoms with van der Waals surface area (Å²) >= 11 is 0. The van der Waals surface area contributed by atoms with Gasteiger partial charge in [0.1, 0.15) is 5.75 Å². The van der Waals surface area contributed by atoms with E-state index in [-0.39, 0.29) is 24.4 Å². The SMILES string of the molecule is COc1ccc(C(N)COC2CC(C)OC(C)C2)cc1. The molecular weight excluding hydrogens is 254 g/mol. The van der Waals surface area contributed by atoms with Crippen molar-refractivity contribution < 1.29 is 14.2 Å². The molecule has 0 spiro atoms. The van der Waals surface area contributed by atoms with Gasteiger partial charge in [0.25, 0.3) is 0 Å².